The van der Waals surface area contributed by atoms with Gasteiger partial charge in [0.05, 0.1) is 19.3 Å². The molecule has 6 atom stereocenters. The number of nitrogens with two attached hydrogens (primary N) is 1. The molecule has 1 aliphatic rings. The molecule has 0 spiro atoms. The summed E-state index contributed by atoms with van der Waals surface area (Å²) >= 11 is 0. The zero-order valence-electron chi connectivity index (χ0n) is 32.5. The molecule has 0 saturated carbocycles. The van der Waals surface area contributed by atoms with Gasteiger partial charge < -0.3 is 35.8 Å². The van der Waals surface area contributed by atoms with E-state index in [-0.39, 0.29) is 6.61 Å². The molecule has 10 heteroatoms. The second kappa shape index (κ2) is 31.1. The summed E-state index contributed by atoms with van der Waals surface area (Å²) in [5.74, 6) is -0.543. The third-order valence-electron chi connectivity index (χ3n) is 10.1. The molecule has 50 heavy (non-hydrogen) atoms. The summed E-state index contributed by atoms with van der Waals surface area (Å²) in [5.41, 5.74) is 5.78. The quantitative estimate of drug-likeness (QED) is 0.0441. The second-order valence-electron chi connectivity index (χ2n) is 14.8. The molecule has 0 aliphatic carbocycles. The summed E-state index contributed by atoms with van der Waals surface area (Å²) in [7, 11) is 0. The molecule has 0 bridgehead atoms. The Morgan fingerprint density at radius 1 is 0.680 bits per heavy atom. The van der Waals surface area contributed by atoms with Gasteiger partial charge in [0.15, 0.2) is 6.23 Å². The van der Waals surface area contributed by atoms with Crippen LogP contribution in [0.2, 0.25) is 0 Å². The summed E-state index contributed by atoms with van der Waals surface area (Å²) in [5, 5.41) is 34.1. The van der Waals surface area contributed by atoms with Gasteiger partial charge in [-0.25, -0.2) is 4.79 Å². The monoisotopic (exact) mass is 714 g/mol. The Morgan fingerprint density at radius 3 is 1.48 bits per heavy atom. The Balaban J connectivity index is 2.59. The van der Waals surface area contributed by atoms with Gasteiger partial charge in [-0.1, -0.05) is 168 Å². The predicted octanol–water partition coefficient (Wildman–Crippen LogP) is 7.88. The Bertz CT molecular complexity index is 818. The first-order chi connectivity index (χ1) is 24.3. The van der Waals surface area contributed by atoms with Gasteiger partial charge in [0.25, 0.3) is 0 Å². The molecule has 0 aromatic rings. The molecule has 6 N–H and O–H groups in total. The van der Waals surface area contributed by atoms with E-state index in [4.69, 9.17) is 15.2 Å². The number of aliphatic hydroxyl groups excluding tert-OH is 3. The lowest BCUT2D eigenvalue weighted by Gasteiger charge is -2.46. The number of nitrogens with one attached hydrogen (secondary N) is 1. The van der Waals surface area contributed by atoms with Crippen molar-refractivity contribution in [1.29, 1.82) is 0 Å². The van der Waals surface area contributed by atoms with Crippen LogP contribution in [0.5, 0.6) is 0 Å². The highest BCUT2D eigenvalue weighted by Crippen LogP contribution is 2.26. The van der Waals surface area contributed by atoms with Gasteiger partial charge in [-0.2, -0.15) is 0 Å². The van der Waals surface area contributed by atoms with E-state index < -0.39 is 55.2 Å². The van der Waals surface area contributed by atoms with Crippen LogP contribution in [0.1, 0.15) is 188 Å². The highest BCUT2D eigenvalue weighted by atomic mass is 16.6. The first-order valence-electron chi connectivity index (χ1n) is 20.9. The van der Waals surface area contributed by atoms with Crippen molar-refractivity contribution in [2.24, 2.45) is 5.73 Å². The van der Waals surface area contributed by atoms with E-state index >= 15 is 0 Å². The fraction of sp³-hybridized carbons (Fsp3) is 0.950. The molecule has 1 saturated heterocycles. The van der Waals surface area contributed by atoms with Crippen LogP contribution in [0, 0.1) is 0 Å². The van der Waals surface area contributed by atoms with Crippen LogP contribution in [-0.4, -0.2) is 88.6 Å². The van der Waals surface area contributed by atoms with Crippen molar-refractivity contribution in [3.05, 3.63) is 0 Å². The zero-order chi connectivity index (χ0) is 36.8. The van der Waals surface area contributed by atoms with Crippen molar-refractivity contribution in [1.82, 2.24) is 10.2 Å². The summed E-state index contributed by atoms with van der Waals surface area (Å²) in [6, 6.07) is -2.01. The van der Waals surface area contributed by atoms with E-state index in [1.165, 1.54) is 134 Å². The van der Waals surface area contributed by atoms with Crippen molar-refractivity contribution in [2.45, 2.75) is 224 Å². The fourth-order valence-corrected chi connectivity index (χ4v) is 6.80. The molecular weight excluding hydrogens is 634 g/mol. The van der Waals surface area contributed by atoms with Gasteiger partial charge in [0.1, 0.15) is 24.4 Å². The Kier molecular flexibility index (Phi) is 29.0. The number of unbranched alkanes of at least 4 members (excludes halogenated alkanes) is 24. The molecule has 2 amide bonds. The lowest BCUT2D eigenvalue weighted by atomic mass is 9.95. The minimum atomic E-state index is -1.48. The average molecular weight is 714 g/mol. The third kappa shape index (κ3) is 21.2. The van der Waals surface area contributed by atoms with E-state index in [0.717, 1.165) is 38.5 Å². The number of hydrogen-bond donors (Lipinski definition) is 5. The SMILES string of the molecule is CCCCCCCCCCCCCCCCCCN(C(=O)OCCCCCCCCCCCC)[C@@H]1O[C@H](CO)[C@@H](O)[C@H](O)[C@H]1NC(=O)[C@H](C)N. The third-order valence-corrected chi connectivity index (χ3v) is 10.1. The van der Waals surface area contributed by atoms with Gasteiger partial charge in [-0.3, -0.25) is 9.69 Å². The lowest BCUT2D eigenvalue weighted by molar-refractivity contribution is -0.226. The van der Waals surface area contributed by atoms with Gasteiger partial charge in [0, 0.05) is 6.54 Å². The molecule has 1 fully saturated rings. The summed E-state index contributed by atoms with van der Waals surface area (Å²) in [6.07, 6.45) is 25.8. The maximum atomic E-state index is 13.5. The van der Waals surface area contributed by atoms with E-state index in [1.54, 1.807) is 0 Å². The van der Waals surface area contributed by atoms with Crippen molar-refractivity contribution >= 4 is 12.0 Å². The van der Waals surface area contributed by atoms with Crippen LogP contribution in [0.4, 0.5) is 4.79 Å². The second-order valence-corrected chi connectivity index (χ2v) is 14.8. The predicted molar refractivity (Wildman–Crippen MR) is 203 cm³/mol. The molecule has 296 valence electrons. The molecule has 0 radical (unpaired) electrons. The van der Waals surface area contributed by atoms with E-state index in [2.05, 4.69) is 19.2 Å². The number of hydrogen-bond acceptors (Lipinski definition) is 8. The van der Waals surface area contributed by atoms with Crippen molar-refractivity contribution in [3.63, 3.8) is 0 Å². The number of rotatable bonds is 32. The molecule has 10 nitrogen and oxygen atoms in total. The minimum Gasteiger partial charge on any atom is -0.449 e. The van der Waals surface area contributed by atoms with Crippen molar-refractivity contribution in [3.8, 4) is 0 Å². The Labute approximate surface area is 306 Å². The number of amides is 2. The highest BCUT2D eigenvalue weighted by molar-refractivity contribution is 5.81. The highest BCUT2D eigenvalue weighted by Gasteiger charge is 2.48. The van der Waals surface area contributed by atoms with Crippen LogP contribution in [0.25, 0.3) is 0 Å². The van der Waals surface area contributed by atoms with Crippen LogP contribution in [0.3, 0.4) is 0 Å². The minimum absolute atomic E-state index is 0.267. The number of nitrogens with zero attached hydrogens (tertiary/aromatic N) is 1. The topological polar surface area (TPSA) is 155 Å². The molecule has 0 unspecified atom stereocenters. The summed E-state index contributed by atoms with van der Waals surface area (Å²) in [6.45, 7) is 6.02. The van der Waals surface area contributed by atoms with Crippen LogP contribution >= 0.6 is 0 Å². The first-order valence-corrected chi connectivity index (χ1v) is 20.9. The molecule has 1 heterocycles. The zero-order valence-corrected chi connectivity index (χ0v) is 32.5. The van der Waals surface area contributed by atoms with Crippen LogP contribution in [0.15, 0.2) is 0 Å². The summed E-state index contributed by atoms with van der Waals surface area (Å²) < 4.78 is 11.7. The standard InChI is InChI=1S/C40H79N3O7/c1-4-6-8-10-12-14-16-17-18-19-20-21-22-24-26-28-30-43(40(48)49-31-29-27-25-23-15-13-11-9-7-5-2)39-35(42-38(47)33(3)41)37(46)36(45)34(32-44)50-39/h33-37,39,44-46H,4-32,41H2,1-3H3,(H,42,47)/t33-,34+,35+,36+,37+,39+/m0/s1. The van der Waals surface area contributed by atoms with Gasteiger partial charge >= 0.3 is 6.09 Å². The van der Waals surface area contributed by atoms with E-state index in [9.17, 15) is 24.9 Å². The first kappa shape index (κ1) is 46.6. The molecule has 1 aliphatic heterocycles. The average Bonchev–Trinajstić information content (AvgIpc) is 3.10. The molecule has 1 rings (SSSR count). The molecular formula is C40H79N3O7. The number of aliphatic hydroxyl groups is 3. The Hall–Kier alpha value is -1.46. The number of ether oxygens (including phenoxy) is 2. The van der Waals surface area contributed by atoms with Crippen LogP contribution in [-0.2, 0) is 14.3 Å². The van der Waals surface area contributed by atoms with Crippen LogP contribution < -0.4 is 11.1 Å². The van der Waals surface area contributed by atoms with Gasteiger partial charge in [-0.05, 0) is 19.8 Å². The number of carbonyl (C=O) groups excluding carboxylic acids is 2. The fourth-order valence-electron chi connectivity index (χ4n) is 6.80. The maximum absolute atomic E-state index is 13.5. The molecule has 0 aromatic carbocycles. The lowest BCUT2D eigenvalue weighted by Crippen LogP contribution is -2.69. The van der Waals surface area contributed by atoms with Crippen molar-refractivity contribution < 1.29 is 34.4 Å². The van der Waals surface area contributed by atoms with Gasteiger partial charge in [-0.15, -0.1) is 0 Å². The maximum Gasteiger partial charge on any atom is 0.411 e. The number of carbonyl (C=O) groups is 2. The molecule has 0 aromatic heterocycles. The van der Waals surface area contributed by atoms with E-state index in [0.29, 0.717) is 13.0 Å². The summed E-state index contributed by atoms with van der Waals surface area (Å²) in [4.78, 5) is 27.5. The normalized spacial score (nSPS) is 21.2. The largest absolute Gasteiger partial charge is 0.449 e. The Morgan fingerprint density at radius 2 is 1.08 bits per heavy atom. The smallest absolute Gasteiger partial charge is 0.411 e. The van der Waals surface area contributed by atoms with Crippen molar-refractivity contribution in [2.75, 3.05) is 19.8 Å². The van der Waals surface area contributed by atoms with E-state index in [1.807, 2.05) is 0 Å². The van der Waals surface area contributed by atoms with Gasteiger partial charge in [0.2, 0.25) is 5.91 Å².